The quantitative estimate of drug-likeness (QED) is 0.513. The van der Waals surface area contributed by atoms with E-state index in [1.165, 1.54) is 14.2 Å². The maximum absolute atomic E-state index is 4.76. The fourth-order valence-electron chi connectivity index (χ4n) is 0.271. The average Bonchev–Trinajstić information content (AvgIpc) is 1.95. The van der Waals surface area contributed by atoms with Crippen molar-refractivity contribution in [3.05, 3.63) is 0 Å². The molecule has 0 aromatic rings. The molecule has 0 saturated carbocycles. The van der Waals surface area contributed by atoms with E-state index in [9.17, 15) is 0 Å². The summed E-state index contributed by atoms with van der Waals surface area (Å²) in [4.78, 5) is 0. The Morgan fingerprint density at radius 2 is 1.33 bits per heavy atom. The summed E-state index contributed by atoms with van der Waals surface area (Å²) >= 11 is 0. The summed E-state index contributed by atoms with van der Waals surface area (Å²) in [5.41, 5.74) is 0. The molecule has 0 aromatic carbocycles. The van der Waals surface area contributed by atoms with E-state index in [0.29, 0.717) is 0 Å². The average molecular weight is 178 g/mol. The highest BCUT2D eigenvalue weighted by molar-refractivity contribution is 6.60. The molecule has 0 aliphatic rings. The standard InChI is InChI=1S/C2H6O4Si3/c1-3-9(4-2,5-7)6-8/h1-2H3. The second kappa shape index (κ2) is 4.33. The van der Waals surface area contributed by atoms with Crippen molar-refractivity contribution in [3.63, 3.8) is 0 Å². The molecule has 6 radical (unpaired) electrons. The van der Waals surface area contributed by atoms with Crippen LogP contribution in [-0.4, -0.2) is 44.2 Å². The Hall–Kier alpha value is 0.491. The highest BCUT2D eigenvalue weighted by Crippen LogP contribution is 2.03. The predicted molar refractivity (Wildman–Crippen MR) is 33.4 cm³/mol. The molecule has 0 N–H and O–H groups in total. The topological polar surface area (TPSA) is 36.9 Å². The van der Waals surface area contributed by atoms with Gasteiger partial charge in [0.05, 0.1) is 0 Å². The van der Waals surface area contributed by atoms with Crippen molar-refractivity contribution in [1.29, 1.82) is 0 Å². The molecule has 4 nitrogen and oxygen atoms in total. The van der Waals surface area contributed by atoms with Crippen LogP contribution in [0.3, 0.4) is 0 Å². The predicted octanol–water partition coefficient (Wildman–Crippen LogP) is -1.09. The molecule has 0 amide bonds. The van der Waals surface area contributed by atoms with E-state index >= 15 is 0 Å². The van der Waals surface area contributed by atoms with Crippen molar-refractivity contribution in [2.45, 2.75) is 0 Å². The molecule has 0 aromatic heterocycles. The van der Waals surface area contributed by atoms with Crippen molar-refractivity contribution in [2.24, 2.45) is 0 Å². The summed E-state index contributed by atoms with van der Waals surface area (Å²) < 4.78 is 18.7. The molecule has 7 heteroatoms. The van der Waals surface area contributed by atoms with Crippen LogP contribution < -0.4 is 0 Å². The molecule has 0 saturated heterocycles. The Morgan fingerprint density at radius 1 is 1.00 bits per heavy atom. The number of hydrogen-bond donors (Lipinski definition) is 0. The van der Waals surface area contributed by atoms with Crippen LogP contribution in [0.25, 0.3) is 0 Å². The summed E-state index contributed by atoms with van der Waals surface area (Å²) in [6.45, 7) is 0. The highest BCUT2D eigenvalue weighted by Gasteiger charge is 2.39. The Kier molecular flexibility index (Phi) is 4.56. The third-order valence-corrected chi connectivity index (χ3v) is 3.75. The third kappa shape index (κ3) is 2.29. The van der Waals surface area contributed by atoms with Gasteiger partial charge in [-0.15, -0.1) is 0 Å². The van der Waals surface area contributed by atoms with Gasteiger partial charge < -0.3 is 17.1 Å². The molecule has 50 valence electrons. The molecule has 0 bridgehead atoms. The highest BCUT2D eigenvalue weighted by atomic mass is 28.5. The van der Waals surface area contributed by atoms with Crippen LogP contribution in [0.15, 0.2) is 0 Å². The van der Waals surface area contributed by atoms with Crippen molar-refractivity contribution in [1.82, 2.24) is 0 Å². The van der Waals surface area contributed by atoms with Crippen LogP contribution in [0.2, 0.25) is 0 Å². The van der Waals surface area contributed by atoms with Gasteiger partial charge in [0.1, 0.15) is 0 Å². The van der Waals surface area contributed by atoms with E-state index in [4.69, 9.17) is 8.85 Å². The number of rotatable bonds is 4. The Bertz CT molecular complexity index is 56.7. The summed E-state index contributed by atoms with van der Waals surface area (Å²) in [5, 5.41) is 0. The van der Waals surface area contributed by atoms with Gasteiger partial charge in [0.15, 0.2) is 0 Å². The third-order valence-electron chi connectivity index (χ3n) is 0.750. The zero-order valence-corrected chi connectivity index (χ0v) is 8.13. The Balaban J connectivity index is 3.82. The first-order chi connectivity index (χ1) is 4.24. The van der Waals surface area contributed by atoms with Crippen LogP contribution in [0.4, 0.5) is 0 Å². The van der Waals surface area contributed by atoms with E-state index in [1.807, 2.05) is 0 Å². The first-order valence-electron chi connectivity index (χ1n) is 2.04. The first kappa shape index (κ1) is 9.49. The Labute approximate surface area is 62.0 Å². The molecule has 9 heavy (non-hydrogen) atoms. The fraction of sp³-hybridized carbons (Fsp3) is 1.00. The lowest BCUT2D eigenvalue weighted by molar-refractivity contribution is 0.0907. The van der Waals surface area contributed by atoms with E-state index in [-0.39, 0.29) is 0 Å². The van der Waals surface area contributed by atoms with Crippen molar-refractivity contribution >= 4 is 30.0 Å². The Morgan fingerprint density at radius 3 is 1.33 bits per heavy atom. The van der Waals surface area contributed by atoms with Crippen LogP contribution in [0, 0.1) is 0 Å². The summed E-state index contributed by atoms with van der Waals surface area (Å²) in [5.74, 6) is 0. The summed E-state index contributed by atoms with van der Waals surface area (Å²) in [6, 6.07) is 0. The number of hydrogen-bond acceptors (Lipinski definition) is 4. The smallest absolute Gasteiger partial charge is 0.394 e. The van der Waals surface area contributed by atoms with Crippen LogP contribution in [0.1, 0.15) is 0 Å². The molecule has 0 unspecified atom stereocenters. The molecule has 0 aliphatic heterocycles. The SMILES string of the molecule is CO[Si](OC)(O[Si])O[Si]. The van der Waals surface area contributed by atoms with Crippen molar-refractivity contribution in [2.75, 3.05) is 14.2 Å². The maximum Gasteiger partial charge on any atom is 0.657 e. The van der Waals surface area contributed by atoms with Crippen LogP contribution in [-0.2, 0) is 17.1 Å². The lowest BCUT2D eigenvalue weighted by Gasteiger charge is -2.20. The van der Waals surface area contributed by atoms with Crippen LogP contribution in [0.5, 0.6) is 0 Å². The monoisotopic (exact) mass is 178 g/mol. The molecule has 0 spiro atoms. The molecular weight excluding hydrogens is 172 g/mol. The molecular formula is C2H6O4Si3. The molecule has 0 aliphatic carbocycles. The van der Waals surface area contributed by atoms with E-state index in [0.717, 1.165) is 0 Å². The van der Waals surface area contributed by atoms with Crippen molar-refractivity contribution < 1.29 is 17.1 Å². The minimum absolute atomic E-state index is 1.43. The van der Waals surface area contributed by atoms with Gasteiger partial charge in [-0.1, -0.05) is 0 Å². The van der Waals surface area contributed by atoms with E-state index < -0.39 is 9.05 Å². The van der Waals surface area contributed by atoms with Crippen LogP contribution >= 0.6 is 0 Å². The maximum atomic E-state index is 4.76. The van der Waals surface area contributed by atoms with Gasteiger partial charge >= 0.3 is 9.05 Å². The zero-order chi connectivity index (χ0) is 7.33. The first-order valence-corrected chi connectivity index (χ1v) is 4.49. The largest absolute Gasteiger partial charge is 0.657 e. The zero-order valence-electron chi connectivity index (χ0n) is 5.13. The van der Waals surface area contributed by atoms with Gasteiger partial charge in [-0.25, -0.2) is 0 Å². The van der Waals surface area contributed by atoms with Gasteiger partial charge in [0.2, 0.25) is 21.0 Å². The van der Waals surface area contributed by atoms with E-state index in [2.05, 4.69) is 29.2 Å². The molecule has 0 heterocycles. The second-order valence-electron chi connectivity index (χ2n) is 1.11. The van der Waals surface area contributed by atoms with Gasteiger partial charge in [-0.05, 0) is 0 Å². The van der Waals surface area contributed by atoms with Gasteiger partial charge in [-0.3, -0.25) is 0 Å². The normalized spacial score (nSPS) is 12.0. The fourth-order valence-corrected chi connectivity index (χ4v) is 2.31. The molecule has 0 fully saturated rings. The molecule has 0 rings (SSSR count). The van der Waals surface area contributed by atoms with E-state index in [1.54, 1.807) is 0 Å². The minimum atomic E-state index is -2.86. The molecule has 0 atom stereocenters. The van der Waals surface area contributed by atoms with Gasteiger partial charge in [-0.2, -0.15) is 0 Å². The van der Waals surface area contributed by atoms with Gasteiger partial charge in [0, 0.05) is 14.2 Å². The van der Waals surface area contributed by atoms with Gasteiger partial charge in [0.25, 0.3) is 0 Å². The summed E-state index contributed by atoms with van der Waals surface area (Å²) in [7, 11) is 5.50. The summed E-state index contributed by atoms with van der Waals surface area (Å²) in [6.07, 6.45) is 0. The van der Waals surface area contributed by atoms with Crippen molar-refractivity contribution in [3.8, 4) is 0 Å². The minimum Gasteiger partial charge on any atom is -0.394 e. The lowest BCUT2D eigenvalue weighted by atomic mass is 11.8. The second-order valence-corrected chi connectivity index (χ2v) is 4.56. The lowest BCUT2D eigenvalue weighted by Crippen LogP contribution is -2.46.